The zero-order valence-electron chi connectivity index (χ0n) is 26.2. The van der Waals surface area contributed by atoms with Gasteiger partial charge in [-0.1, -0.05) is 62.4 Å². The third-order valence-electron chi connectivity index (χ3n) is 7.65. The summed E-state index contributed by atoms with van der Waals surface area (Å²) in [4.78, 5) is 69.7. The van der Waals surface area contributed by atoms with Crippen LogP contribution in [0.25, 0.3) is 0 Å². The first-order chi connectivity index (χ1) is 22.6. The average Bonchev–Trinajstić information content (AvgIpc) is 3.39. The summed E-state index contributed by atoms with van der Waals surface area (Å²) >= 11 is 0. The molecule has 5 atom stereocenters. The number of hydrogen-bond acceptors (Lipinski definition) is 12. The zero-order chi connectivity index (χ0) is 33.7. The van der Waals surface area contributed by atoms with E-state index in [9.17, 15) is 24.0 Å². The van der Waals surface area contributed by atoms with Crippen molar-refractivity contribution in [2.75, 3.05) is 13.7 Å². The Hall–Kier alpha value is -5.46. The number of ether oxygens (including phenoxy) is 6. The summed E-state index contributed by atoms with van der Waals surface area (Å²) in [6, 6.07) is 15.6. The normalized spacial score (nSPS) is 22.4. The van der Waals surface area contributed by atoms with Crippen LogP contribution < -0.4 is 14.8 Å². The minimum absolute atomic E-state index is 0.0984. The van der Waals surface area contributed by atoms with Crippen molar-refractivity contribution in [2.24, 2.45) is 11.8 Å². The van der Waals surface area contributed by atoms with Crippen molar-refractivity contribution in [2.45, 2.75) is 51.7 Å². The van der Waals surface area contributed by atoms with Crippen LogP contribution in [0.4, 0.5) is 0 Å². The molecule has 2 aliphatic rings. The Bertz CT molecular complexity index is 1660. The van der Waals surface area contributed by atoms with E-state index >= 15 is 0 Å². The molecule has 246 valence electrons. The van der Waals surface area contributed by atoms with Crippen molar-refractivity contribution in [1.29, 1.82) is 0 Å². The van der Waals surface area contributed by atoms with E-state index in [-0.39, 0.29) is 23.6 Å². The van der Waals surface area contributed by atoms with Crippen LogP contribution in [-0.2, 0) is 39.8 Å². The van der Waals surface area contributed by atoms with Gasteiger partial charge in [0.05, 0.1) is 18.6 Å². The number of rotatable bonds is 9. The van der Waals surface area contributed by atoms with Crippen molar-refractivity contribution < 1.29 is 52.4 Å². The Balaban J connectivity index is 1.39. The van der Waals surface area contributed by atoms with Crippen LogP contribution >= 0.6 is 0 Å². The number of cyclic esters (lactones) is 3. The molecule has 1 saturated heterocycles. The molecule has 0 radical (unpaired) electrons. The zero-order valence-corrected chi connectivity index (χ0v) is 26.2. The molecule has 5 rings (SSSR count). The second kappa shape index (κ2) is 14.3. The van der Waals surface area contributed by atoms with Crippen LogP contribution in [0, 0.1) is 11.8 Å². The number of esters is 4. The Morgan fingerprint density at radius 3 is 2.43 bits per heavy atom. The first kappa shape index (κ1) is 32.9. The number of amides is 1. The highest BCUT2D eigenvalue weighted by atomic mass is 16.7. The molecule has 2 aliphatic heterocycles. The van der Waals surface area contributed by atoms with E-state index in [0.29, 0.717) is 11.1 Å². The molecule has 13 heteroatoms. The van der Waals surface area contributed by atoms with E-state index in [4.69, 9.17) is 28.4 Å². The van der Waals surface area contributed by atoms with E-state index in [1.54, 1.807) is 50.2 Å². The lowest BCUT2D eigenvalue weighted by Crippen LogP contribution is -2.47. The van der Waals surface area contributed by atoms with Gasteiger partial charge in [-0.2, -0.15) is 0 Å². The number of methoxy groups -OCH3 is 1. The van der Waals surface area contributed by atoms with Crippen molar-refractivity contribution >= 4 is 29.8 Å². The third kappa shape index (κ3) is 7.35. The van der Waals surface area contributed by atoms with Crippen molar-refractivity contribution in [3.63, 3.8) is 0 Å². The Labute approximate surface area is 270 Å². The molecule has 1 N–H and O–H groups in total. The number of pyridine rings is 1. The molecule has 0 aliphatic carbocycles. The number of nitrogens with one attached hydrogen (secondary N) is 1. The number of fused-ring (bicyclic) bond motifs is 1. The monoisotopic (exact) mass is 646 g/mol. The molecule has 1 amide bonds. The maximum atomic E-state index is 13.6. The summed E-state index contributed by atoms with van der Waals surface area (Å²) in [5.41, 5.74) is 1.21. The molecule has 3 heterocycles. The van der Waals surface area contributed by atoms with E-state index in [1.807, 2.05) is 18.2 Å². The van der Waals surface area contributed by atoms with Gasteiger partial charge in [-0.25, -0.2) is 14.6 Å². The van der Waals surface area contributed by atoms with Crippen LogP contribution in [-0.4, -0.2) is 66.7 Å². The van der Waals surface area contributed by atoms with Gasteiger partial charge in [0, 0.05) is 17.8 Å². The molecule has 0 bridgehead atoms. The molecule has 47 heavy (non-hydrogen) atoms. The fraction of sp³-hybridized carbons (Fsp3) is 0.353. The molecular weight excluding hydrogens is 612 g/mol. The second-order valence-corrected chi connectivity index (χ2v) is 11.3. The van der Waals surface area contributed by atoms with Gasteiger partial charge in [0.2, 0.25) is 0 Å². The lowest BCUT2D eigenvalue weighted by molar-refractivity contribution is -0.176. The Morgan fingerprint density at radius 2 is 1.70 bits per heavy atom. The minimum Gasteiger partial charge on any atom is -0.493 e. The molecule has 1 fully saturated rings. The van der Waals surface area contributed by atoms with Crippen molar-refractivity contribution in [1.82, 2.24) is 10.3 Å². The predicted octanol–water partition coefficient (Wildman–Crippen LogP) is 3.35. The maximum Gasteiger partial charge on any atom is 0.342 e. The second-order valence-electron chi connectivity index (χ2n) is 11.3. The molecule has 3 aromatic rings. The highest BCUT2D eigenvalue weighted by Crippen LogP contribution is 2.38. The molecule has 1 aromatic heterocycles. The van der Waals surface area contributed by atoms with Crippen LogP contribution in [0.1, 0.15) is 59.0 Å². The molecule has 0 spiro atoms. The average molecular weight is 647 g/mol. The Morgan fingerprint density at radius 1 is 0.979 bits per heavy atom. The van der Waals surface area contributed by atoms with Crippen LogP contribution in [0.3, 0.4) is 0 Å². The summed E-state index contributed by atoms with van der Waals surface area (Å²) in [5.74, 6) is -5.36. The van der Waals surface area contributed by atoms with E-state index in [0.717, 1.165) is 5.56 Å². The van der Waals surface area contributed by atoms with Crippen LogP contribution in [0.15, 0.2) is 66.9 Å². The van der Waals surface area contributed by atoms with Crippen molar-refractivity contribution in [3.8, 4) is 11.5 Å². The lowest BCUT2D eigenvalue weighted by atomic mass is 9.91. The standard InChI is InChI=1S/C34H34N2O11/c1-18(2)30(38)45-27-19(3)44-33(41)24(17-43-31(39)23(27)16-20-10-6-5-7-11-20)36-29(37)26-28(25(42-4)14-15-35-26)46-34-22-13-9-8-12-21(22)32(40)47-34/h5-15,18-19,23-24,27,34H,16-17H2,1-4H3,(H,36,37). The topological polar surface area (TPSA) is 166 Å². The summed E-state index contributed by atoms with van der Waals surface area (Å²) in [7, 11) is 1.35. The highest BCUT2D eigenvalue weighted by Gasteiger charge is 2.42. The van der Waals surface area contributed by atoms with Gasteiger partial charge in [0.25, 0.3) is 12.2 Å². The number of nitrogens with zero attached hydrogens (tertiary/aromatic N) is 1. The SMILES string of the molecule is COc1ccnc(C(=O)NC2COC(=O)C(Cc3ccccc3)C(OC(=O)C(C)C)C(C)OC2=O)c1OC1OC(=O)c2ccccc21. The van der Waals surface area contributed by atoms with E-state index < -0.39 is 72.8 Å². The quantitative estimate of drug-likeness (QED) is 0.267. The van der Waals surface area contributed by atoms with Gasteiger partial charge < -0.3 is 33.7 Å². The summed E-state index contributed by atoms with van der Waals surface area (Å²) < 4.78 is 33.6. The first-order valence-electron chi connectivity index (χ1n) is 15.0. The van der Waals surface area contributed by atoms with Gasteiger partial charge in [0.15, 0.2) is 29.3 Å². The number of hydrogen-bond donors (Lipinski definition) is 1. The molecule has 13 nitrogen and oxygen atoms in total. The third-order valence-corrected chi connectivity index (χ3v) is 7.65. The molecule has 0 saturated carbocycles. The lowest BCUT2D eigenvalue weighted by Gasteiger charge is -2.29. The molecule has 5 unspecified atom stereocenters. The Kier molecular flexibility index (Phi) is 10.0. The van der Waals surface area contributed by atoms with Crippen molar-refractivity contribution in [3.05, 3.63) is 89.2 Å². The number of carbonyl (C=O) groups excluding carboxylic acids is 5. The van der Waals surface area contributed by atoms with Gasteiger partial charge in [-0.05, 0) is 25.0 Å². The fourth-order valence-corrected chi connectivity index (χ4v) is 5.15. The van der Waals surface area contributed by atoms with Gasteiger partial charge >= 0.3 is 23.9 Å². The maximum absolute atomic E-state index is 13.6. The predicted molar refractivity (Wildman–Crippen MR) is 162 cm³/mol. The van der Waals surface area contributed by atoms with E-state index in [2.05, 4.69) is 10.3 Å². The summed E-state index contributed by atoms with van der Waals surface area (Å²) in [5, 5.41) is 2.50. The van der Waals surface area contributed by atoms with E-state index in [1.165, 1.54) is 26.3 Å². The smallest absolute Gasteiger partial charge is 0.342 e. The number of benzene rings is 2. The minimum atomic E-state index is -1.48. The fourth-order valence-electron chi connectivity index (χ4n) is 5.15. The number of aromatic nitrogens is 1. The molecular formula is C34H34N2O11. The van der Waals surface area contributed by atoms with Gasteiger partial charge in [-0.3, -0.25) is 14.4 Å². The van der Waals surface area contributed by atoms with Gasteiger partial charge in [-0.15, -0.1) is 0 Å². The highest BCUT2D eigenvalue weighted by molar-refractivity contribution is 5.98. The van der Waals surface area contributed by atoms with Gasteiger partial charge in [0.1, 0.15) is 18.6 Å². The summed E-state index contributed by atoms with van der Waals surface area (Å²) in [6.45, 7) is 4.20. The first-order valence-corrected chi connectivity index (χ1v) is 15.0. The largest absolute Gasteiger partial charge is 0.493 e. The van der Waals surface area contributed by atoms with Crippen LogP contribution in [0.5, 0.6) is 11.5 Å². The number of carbonyl (C=O) groups is 5. The van der Waals surface area contributed by atoms with Crippen LogP contribution in [0.2, 0.25) is 0 Å². The summed E-state index contributed by atoms with van der Waals surface area (Å²) in [6.07, 6.45) is -2.03. The molecule has 2 aromatic carbocycles.